The quantitative estimate of drug-likeness (QED) is 0.850. The molecule has 20 heavy (non-hydrogen) atoms. The van der Waals surface area contributed by atoms with Gasteiger partial charge in [-0.25, -0.2) is 4.79 Å². The summed E-state index contributed by atoms with van der Waals surface area (Å²) in [7, 11) is 1.63. The minimum absolute atomic E-state index is 0.245. The molecule has 1 fully saturated rings. The highest BCUT2D eigenvalue weighted by Gasteiger charge is 2.23. The first-order valence-corrected chi connectivity index (χ1v) is 6.76. The number of carbonyl (C=O) groups excluding carboxylic acids is 1. The van der Waals surface area contributed by atoms with Gasteiger partial charge in [0.1, 0.15) is 5.75 Å². The topological polar surface area (TPSA) is 68.0 Å². The van der Waals surface area contributed by atoms with E-state index in [1.165, 1.54) is 0 Å². The maximum absolute atomic E-state index is 11.6. The van der Waals surface area contributed by atoms with E-state index in [0.717, 1.165) is 30.2 Å². The highest BCUT2D eigenvalue weighted by molar-refractivity contribution is 5.71. The number of hydrogen-bond donors (Lipinski definition) is 1. The summed E-state index contributed by atoms with van der Waals surface area (Å²) in [6.07, 6.45) is -0.245. The zero-order chi connectivity index (χ0) is 14.5. The molecule has 6 nitrogen and oxygen atoms in total. The van der Waals surface area contributed by atoms with E-state index in [-0.39, 0.29) is 6.09 Å². The van der Waals surface area contributed by atoms with Gasteiger partial charge in [0.25, 0.3) is 0 Å². The lowest BCUT2D eigenvalue weighted by Gasteiger charge is -2.36. The predicted molar refractivity (Wildman–Crippen MR) is 78.2 cm³/mol. The molecule has 1 heterocycles. The van der Waals surface area contributed by atoms with Crippen molar-refractivity contribution < 1.29 is 14.3 Å². The highest BCUT2D eigenvalue weighted by Crippen LogP contribution is 2.28. The molecule has 1 aliphatic rings. The molecule has 0 aliphatic carbocycles. The van der Waals surface area contributed by atoms with Crippen LogP contribution in [0.2, 0.25) is 0 Å². The third kappa shape index (κ3) is 3.07. The Labute approximate surface area is 119 Å². The third-order valence-corrected chi connectivity index (χ3v) is 3.38. The van der Waals surface area contributed by atoms with Crippen LogP contribution in [0.3, 0.4) is 0 Å². The van der Waals surface area contributed by atoms with Crippen molar-refractivity contribution in [2.45, 2.75) is 6.92 Å². The summed E-state index contributed by atoms with van der Waals surface area (Å²) in [5.41, 5.74) is 7.68. The zero-order valence-electron chi connectivity index (χ0n) is 12.0. The van der Waals surface area contributed by atoms with Crippen molar-refractivity contribution in [1.29, 1.82) is 0 Å². The molecule has 0 atom stereocenters. The monoisotopic (exact) mass is 279 g/mol. The number of nitrogens with two attached hydrogens (primary N) is 1. The minimum Gasteiger partial charge on any atom is -0.497 e. The van der Waals surface area contributed by atoms with Gasteiger partial charge in [-0.2, -0.15) is 0 Å². The molecule has 1 aromatic rings. The number of hydrogen-bond acceptors (Lipinski definition) is 5. The van der Waals surface area contributed by atoms with Crippen LogP contribution in [0.4, 0.5) is 16.2 Å². The van der Waals surface area contributed by atoms with Crippen molar-refractivity contribution in [1.82, 2.24) is 4.90 Å². The van der Waals surface area contributed by atoms with Gasteiger partial charge < -0.3 is 25.0 Å². The van der Waals surface area contributed by atoms with Crippen LogP contribution in [0.1, 0.15) is 6.92 Å². The van der Waals surface area contributed by atoms with Gasteiger partial charge in [-0.05, 0) is 19.1 Å². The first kappa shape index (κ1) is 14.3. The summed E-state index contributed by atoms with van der Waals surface area (Å²) in [5.74, 6) is 0.780. The third-order valence-electron chi connectivity index (χ3n) is 3.38. The number of nitrogens with zero attached hydrogens (tertiary/aromatic N) is 2. The Morgan fingerprint density at radius 1 is 1.30 bits per heavy atom. The van der Waals surface area contributed by atoms with E-state index < -0.39 is 0 Å². The van der Waals surface area contributed by atoms with Gasteiger partial charge in [0.15, 0.2) is 0 Å². The van der Waals surface area contributed by atoms with Crippen molar-refractivity contribution in [3.05, 3.63) is 18.2 Å². The molecule has 1 saturated heterocycles. The summed E-state index contributed by atoms with van der Waals surface area (Å²) >= 11 is 0. The number of carbonyl (C=O) groups is 1. The number of anilines is 2. The van der Waals surface area contributed by atoms with Crippen LogP contribution in [0.25, 0.3) is 0 Å². The number of amides is 1. The van der Waals surface area contributed by atoms with Crippen LogP contribution in [0.15, 0.2) is 18.2 Å². The molecule has 0 radical (unpaired) electrons. The molecule has 2 N–H and O–H groups in total. The highest BCUT2D eigenvalue weighted by atomic mass is 16.6. The van der Waals surface area contributed by atoms with Crippen LogP contribution >= 0.6 is 0 Å². The second-order valence-electron chi connectivity index (χ2n) is 4.60. The average Bonchev–Trinajstić information content (AvgIpc) is 2.48. The molecule has 0 bridgehead atoms. The second-order valence-corrected chi connectivity index (χ2v) is 4.60. The molecule has 1 amide bonds. The largest absolute Gasteiger partial charge is 0.497 e. The Balaban J connectivity index is 2.02. The Morgan fingerprint density at radius 2 is 2.00 bits per heavy atom. The lowest BCUT2D eigenvalue weighted by molar-refractivity contribution is 0.105. The Bertz CT molecular complexity index is 471. The van der Waals surface area contributed by atoms with Crippen LogP contribution in [0.5, 0.6) is 5.75 Å². The fourth-order valence-electron chi connectivity index (χ4n) is 2.27. The van der Waals surface area contributed by atoms with E-state index >= 15 is 0 Å². The second kappa shape index (κ2) is 6.36. The molecule has 110 valence electrons. The molecular formula is C14H21N3O3. The number of piperazine rings is 1. The van der Waals surface area contributed by atoms with Gasteiger partial charge in [-0.3, -0.25) is 0 Å². The van der Waals surface area contributed by atoms with Crippen molar-refractivity contribution in [2.24, 2.45) is 0 Å². The molecule has 6 heteroatoms. The van der Waals surface area contributed by atoms with Crippen molar-refractivity contribution in [3.8, 4) is 5.75 Å². The van der Waals surface area contributed by atoms with Crippen molar-refractivity contribution >= 4 is 17.5 Å². The van der Waals surface area contributed by atoms with Crippen LogP contribution in [-0.4, -0.2) is 50.9 Å². The van der Waals surface area contributed by atoms with Gasteiger partial charge in [0.05, 0.1) is 25.1 Å². The van der Waals surface area contributed by atoms with Crippen molar-refractivity contribution in [3.63, 3.8) is 0 Å². The first-order valence-electron chi connectivity index (χ1n) is 6.76. The normalized spacial score (nSPS) is 15.1. The summed E-state index contributed by atoms with van der Waals surface area (Å²) in [6, 6.07) is 5.61. The summed E-state index contributed by atoms with van der Waals surface area (Å²) in [6.45, 7) is 4.95. The van der Waals surface area contributed by atoms with E-state index in [1.807, 2.05) is 25.1 Å². The zero-order valence-corrected chi connectivity index (χ0v) is 12.0. The molecule has 0 spiro atoms. The van der Waals surface area contributed by atoms with Crippen LogP contribution in [-0.2, 0) is 4.74 Å². The molecular weight excluding hydrogens is 258 g/mol. The van der Waals surface area contributed by atoms with Gasteiger partial charge in [0, 0.05) is 32.2 Å². The molecule has 0 aromatic heterocycles. The Hall–Kier alpha value is -2.11. The van der Waals surface area contributed by atoms with Crippen LogP contribution < -0.4 is 15.4 Å². The van der Waals surface area contributed by atoms with E-state index in [2.05, 4.69) is 4.90 Å². The molecule has 0 saturated carbocycles. The predicted octanol–water partition coefficient (Wildman–Crippen LogP) is 1.56. The summed E-state index contributed by atoms with van der Waals surface area (Å²) in [5, 5.41) is 0. The fourth-order valence-corrected chi connectivity index (χ4v) is 2.27. The lowest BCUT2D eigenvalue weighted by atomic mass is 10.2. The number of ether oxygens (including phenoxy) is 2. The molecule has 0 unspecified atom stereocenters. The average molecular weight is 279 g/mol. The van der Waals surface area contributed by atoms with Crippen LogP contribution in [0, 0.1) is 0 Å². The van der Waals surface area contributed by atoms with Crippen molar-refractivity contribution in [2.75, 3.05) is 50.5 Å². The smallest absolute Gasteiger partial charge is 0.409 e. The van der Waals surface area contributed by atoms with Gasteiger partial charge >= 0.3 is 6.09 Å². The maximum atomic E-state index is 11.6. The van der Waals surface area contributed by atoms with E-state index in [9.17, 15) is 4.79 Å². The summed E-state index contributed by atoms with van der Waals surface area (Å²) < 4.78 is 10.2. The van der Waals surface area contributed by atoms with E-state index in [1.54, 1.807) is 12.0 Å². The lowest BCUT2D eigenvalue weighted by Crippen LogP contribution is -2.49. The number of rotatable bonds is 3. The Kier molecular flexibility index (Phi) is 4.55. The van der Waals surface area contributed by atoms with Gasteiger partial charge in [-0.15, -0.1) is 0 Å². The van der Waals surface area contributed by atoms with E-state index in [4.69, 9.17) is 15.2 Å². The number of methoxy groups -OCH3 is 1. The number of nitrogen functional groups attached to an aromatic ring is 1. The molecule has 1 aliphatic heterocycles. The van der Waals surface area contributed by atoms with Gasteiger partial charge in [0.2, 0.25) is 0 Å². The minimum atomic E-state index is -0.245. The molecule has 2 rings (SSSR count). The van der Waals surface area contributed by atoms with Gasteiger partial charge in [-0.1, -0.05) is 0 Å². The first-order chi connectivity index (χ1) is 9.65. The maximum Gasteiger partial charge on any atom is 0.409 e. The number of benzene rings is 1. The summed E-state index contributed by atoms with van der Waals surface area (Å²) in [4.78, 5) is 15.5. The Morgan fingerprint density at radius 3 is 2.60 bits per heavy atom. The molecule has 1 aromatic carbocycles. The fraction of sp³-hybridized carbons (Fsp3) is 0.500. The SMILES string of the molecule is CCOC(=O)N1CCN(c2cc(OC)ccc2N)CC1. The standard InChI is InChI=1S/C14H21N3O3/c1-3-20-14(18)17-8-6-16(7-9-17)13-10-11(19-2)4-5-12(13)15/h4-5,10H,3,6-9,15H2,1-2H3. The van der Waals surface area contributed by atoms with E-state index in [0.29, 0.717) is 19.7 Å².